The third-order valence-corrected chi connectivity index (χ3v) is 2.28. The number of hydrogen-bond donors (Lipinski definition) is 0. The van der Waals surface area contributed by atoms with Crippen molar-refractivity contribution in [1.82, 2.24) is 0 Å². The Kier molecular flexibility index (Phi) is 21.8. The molecule has 1 saturated carbocycles. The molecular weight excluding hydrogens is 180 g/mol. The average Bonchev–Trinajstić information content (AvgIpc) is 2.60. The van der Waals surface area contributed by atoms with Crippen molar-refractivity contribution >= 4 is 0 Å². The van der Waals surface area contributed by atoms with Gasteiger partial charge >= 0.3 is 0 Å². The maximum atomic E-state index is 3.60. The van der Waals surface area contributed by atoms with E-state index >= 15 is 0 Å². The third-order valence-electron chi connectivity index (χ3n) is 2.28. The summed E-state index contributed by atoms with van der Waals surface area (Å²) in [7, 11) is 0. The summed E-state index contributed by atoms with van der Waals surface area (Å²) in [6.07, 6.45) is 9.03. The summed E-state index contributed by atoms with van der Waals surface area (Å²) in [5.41, 5.74) is 0. The van der Waals surface area contributed by atoms with Crippen molar-refractivity contribution in [3.05, 3.63) is 12.7 Å². The van der Waals surface area contributed by atoms with Crippen LogP contribution in [0.4, 0.5) is 0 Å². The summed E-state index contributed by atoms with van der Waals surface area (Å²) in [5, 5.41) is 0. The van der Waals surface area contributed by atoms with Gasteiger partial charge in [-0.2, -0.15) is 0 Å². The van der Waals surface area contributed by atoms with Gasteiger partial charge in [0.1, 0.15) is 0 Å². The van der Waals surface area contributed by atoms with E-state index in [0.717, 1.165) is 18.3 Å². The van der Waals surface area contributed by atoms with Crippen molar-refractivity contribution in [1.29, 1.82) is 0 Å². The van der Waals surface area contributed by atoms with E-state index in [-0.39, 0.29) is 7.43 Å². The third kappa shape index (κ3) is 20.0. The highest BCUT2D eigenvalue weighted by Gasteiger charge is 2.07. The van der Waals surface area contributed by atoms with Gasteiger partial charge < -0.3 is 0 Å². The molecule has 1 aliphatic carbocycles. The Labute approximate surface area is 99.2 Å². The fraction of sp³-hybridized carbons (Fsp3) is 0.867. The molecule has 0 unspecified atom stereocenters. The fourth-order valence-electron chi connectivity index (χ4n) is 1.46. The average molecular weight is 214 g/mol. The number of rotatable bonds is 2. The Balaban J connectivity index is -0.000000156. The van der Waals surface area contributed by atoms with E-state index in [4.69, 9.17) is 0 Å². The highest BCUT2D eigenvalue weighted by Crippen LogP contribution is 2.22. The molecule has 0 atom stereocenters. The zero-order chi connectivity index (χ0) is 11.4. The van der Waals surface area contributed by atoms with Gasteiger partial charge in [-0.05, 0) is 18.3 Å². The molecule has 0 aromatic heterocycles. The predicted molar refractivity (Wildman–Crippen MR) is 75.4 cm³/mol. The SMILES string of the molecule is C.C=CCC(C)C.CC.CC1CCCC1. The molecule has 1 fully saturated rings. The van der Waals surface area contributed by atoms with Crippen LogP contribution in [0.15, 0.2) is 12.7 Å². The summed E-state index contributed by atoms with van der Waals surface area (Å²) in [4.78, 5) is 0. The number of allylic oxidation sites excluding steroid dienone is 1. The normalized spacial score (nSPS) is 14.3. The minimum absolute atomic E-state index is 0. The summed E-state index contributed by atoms with van der Waals surface area (Å²) in [6, 6.07) is 0. The Bertz CT molecular complexity index is 96.6. The Morgan fingerprint density at radius 3 is 1.67 bits per heavy atom. The monoisotopic (exact) mass is 214 g/mol. The molecule has 1 aliphatic rings. The predicted octanol–water partition coefficient (Wildman–Crippen LogP) is 6.08. The van der Waals surface area contributed by atoms with Gasteiger partial charge in [0.15, 0.2) is 0 Å². The van der Waals surface area contributed by atoms with Crippen LogP contribution in [0.5, 0.6) is 0 Å². The summed E-state index contributed by atoms with van der Waals surface area (Å²) < 4.78 is 0. The lowest BCUT2D eigenvalue weighted by Crippen LogP contribution is -1.78. The molecule has 0 bridgehead atoms. The van der Waals surface area contributed by atoms with Crippen LogP contribution in [0.25, 0.3) is 0 Å². The van der Waals surface area contributed by atoms with Crippen LogP contribution in [0.3, 0.4) is 0 Å². The minimum Gasteiger partial charge on any atom is -0.103 e. The molecule has 0 amide bonds. The molecule has 0 saturated heterocycles. The quantitative estimate of drug-likeness (QED) is 0.489. The first-order valence-corrected chi connectivity index (χ1v) is 6.27. The highest BCUT2D eigenvalue weighted by molar-refractivity contribution is 4.67. The zero-order valence-electron chi connectivity index (χ0n) is 11.0. The van der Waals surface area contributed by atoms with E-state index in [1.165, 1.54) is 25.7 Å². The van der Waals surface area contributed by atoms with Crippen LogP contribution in [-0.4, -0.2) is 0 Å². The van der Waals surface area contributed by atoms with Gasteiger partial charge in [-0.15, -0.1) is 6.58 Å². The molecule has 94 valence electrons. The Morgan fingerprint density at radius 1 is 1.20 bits per heavy atom. The van der Waals surface area contributed by atoms with Crippen LogP contribution < -0.4 is 0 Å². The van der Waals surface area contributed by atoms with Crippen molar-refractivity contribution in [3.8, 4) is 0 Å². The molecule has 0 aromatic carbocycles. The van der Waals surface area contributed by atoms with Gasteiger partial charge in [-0.1, -0.05) is 73.8 Å². The Hall–Kier alpha value is -0.260. The number of hydrogen-bond acceptors (Lipinski definition) is 0. The molecule has 15 heavy (non-hydrogen) atoms. The summed E-state index contributed by atoms with van der Waals surface area (Å²) in [6.45, 7) is 14.3. The molecule has 0 aliphatic heterocycles. The van der Waals surface area contributed by atoms with E-state index in [2.05, 4.69) is 27.4 Å². The van der Waals surface area contributed by atoms with E-state index in [0.29, 0.717) is 0 Å². The van der Waals surface area contributed by atoms with Crippen LogP contribution in [0.1, 0.15) is 74.1 Å². The first-order valence-electron chi connectivity index (χ1n) is 6.27. The molecule has 0 spiro atoms. The van der Waals surface area contributed by atoms with Crippen molar-refractivity contribution < 1.29 is 0 Å². The van der Waals surface area contributed by atoms with E-state index < -0.39 is 0 Å². The smallest absolute Gasteiger partial charge is 0.0330 e. The van der Waals surface area contributed by atoms with Gasteiger partial charge in [0.05, 0.1) is 0 Å². The maximum absolute atomic E-state index is 3.60. The summed E-state index contributed by atoms with van der Waals surface area (Å²) in [5.74, 6) is 1.83. The van der Waals surface area contributed by atoms with Gasteiger partial charge in [0.2, 0.25) is 0 Å². The standard InChI is InChI=1S/2C6H12.C2H6.CH4/c1-6-4-2-3-5-6;1-4-5-6(2)3;1-2;/h6H,2-5H2,1H3;4,6H,1,5H2,2-3H3;1-2H3;1H4. The first kappa shape index (κ1) is 20.2. The maximum Gasteiger partial charge on any atom is -0.0330 e. The highest BCUT2D eigenvalue weighted by atomic mass is 14.1. The minimum atomic E-state index is 0. The molecular formula is C15H34. The van der Waals surface area contributed by atoms with Crippen molar-refractivity contribution in [2.45, 2.75) is 74.1 Å². The van der Waals surface area contributed by atoms with Gasteiger partial charge in [-0.25, -0.2) is 0 Å². The lowest BCUT2D eigenvalue weighted by molar-refractivity contribution is 0.612. The van der Waals surface area contributed by atoms with Crippen LogP contribution >= 0.6 is 0 Å². The Morgan fingerprint density at radius 2 is 1.60 bits per heavy atom. The molecule has 0 radical (unpaired) electrons. The molecule has 0 aromatic rings. The first-order chi connectivity index (χ1) is 6.66. The van der Waals surface area contributed by atoms with Crippen LogP contribution in [0.2, 0.25) is 0 Å². The van der Waals surface area contributed by atoms with Crippen LogP contribution in [0, 0.1) is 11.8 Å². The molecule has 0 heteroatoms. The van der Waals surface area contributed by atoms with Gasteiger partial charge in [-0.3, -0.25) is 0 Å². The second kappa shape index (κ2) is 16.2. The second-order valence-corrected chi connectivity index (χ2v) is 4.31. The van der Waals surface area contributed by atoms with Crippen LogP contribution in [-0.2, 0) is 0 Å². The van der Waals surface area contributed by atoms with Crippen molar-refractivity contribution in [2.24, 2.45) is 11.8 Å². The largest absolute Gasteiger partial charge is 0.103 e. The van der Waals surface area contributed by atoms with Crippen molar-refractivity contribution in [2.75, 3.05) is 0 Å². The fourth-order valence-corrected chi connectivity index (χ4v) is 1.46. The topological polar surface area (TPSA) is 0 Å². The molecule has 0 heterocycles. The van der Waals surface area contributed by atoms with Crippen molar-refractivity contribution in [3.63, 3.8) is 0 Å². The lowest BCUT2D eigenvalue weighted by atomic mass is 10.1. The van der Waals surface area contributed by atoms with E-state index in [9.17, 15) is 0 Å². The molecule has 1 rings (SSSR count). The van der Waals surface area contributed by atoms with Gasteiger partial charge in [0, 0.05) is 0 Å². The zero-order valence-corrected chi connectivity index (χ0v) is 11.0. The lowest BCUT2D eigenvalue weighted by Gasteiger charge is -1.92. The second-order valence-electron chi connectivity index (χ2n) is 4.31. The van der Waals surface area contributed by atoms with E-state index in [1.54, 1.807) is 0 Å². The molecule has 0 N–H and O–H groups in total. The molecule has 0 nitrogen and oxygen atoms in total. The summed E-state index contributed by atoms with van der Waals surface area (Å²) >= 11 is 0. The van der Waals surface area contributed by atoms with Gasteiger partial charge in [0.25, 0.3) is 0 Å². The van der Waals surface area contributed by atoms with E-state index in [1.807, 2.05) is 19.9 Å².